The summed E-state index contributed by atoms with van der Waals surface area (Å²) in [5.41, 5.74) is 2.35. The Labute approximate surface area is 184 Å². The third-order valence-electron chi connectivity index (χ3n) is 6.42. The van der Waals surface area contributed by atoms with Crippen molar-refractivity contribution in [2.75, 3.05) is 39.3 Å². The van der Waals surface area contributed by atoms with Crippen LogP contribution >= 0.6 is 11.6 Å². The number of rotatable bonds is 8. The molecule has 4 rings (SSSR count). The number of nitrogens with zero attached hydrogens (tertiary/aromatic N) is 2. The maximum absolute atomic E-state index is 13.0. The van der Waals surface area contributed by atoms with E-state index in [1.807, 2.05) is 12.1 Å². The molecule has 5 heteroatoms. The Morgan fingerprint density at radius 3 is 2.40 bits per heavy atom. The van der Waals surface area contributed by atoms with Crippen LogP contribution in [0.3, 0.4) is 0 Å². The maximum atomic E-state index is 13.0. The fraction of sp³-hybridized carbons (Fsp3) is 0.520. The Morgan fingerprint density at radius 2 is 1.63 bits per heavy atom. The van der Waals surface area contributed by atoms with E-state index < -0.39 is 0 Å². The third-order valence-corrected chi connectivity index (χ3v) is 6.66. The van der Waals surface area contributed by atoms with Gasteiger partial charge in [0.25, 0.3) is 0 Å². The summed E-state index contributed by atoms with van der Waals surface area (Å²) in [6.07, 6.45) is 3.71. The van der Waals surface area contributed by atoms with Gasteiger partial charge in [-0.05, 0) is 86.1 Å². The molecule has 0 amide bonds. The number of ether oxygens (including phenoxy) is 1. The first-order valence-corrected chi connectivity index (χ1v) is 11.5. The van der Waals surface area contributed by atoms with Gasteiger partial charge in [0.2, 0.25) is 0 Å². The lowest BCUT2D eigenvalue weighted by Gasteiger charge is -2.33. The van der Waals surface area contributed by atoms with Gasteiger partial charge in [0, 0.05) is 31.3 Å². The number of likely N-dealkylation sites (tertiary alicyclic amines) is 2. The summed E-state index contributed by atoms with van der Waals surface area (Å²) in [4.78, 5) is 5.20. The van der Waals surface area contributed by atoms with Crippen molar-refractivity contribution in [3.63, 3.8) is 0 Å². The minimum Gasteiger partial charge on any atom is -0.376 e. The van der Waals surface area contributed by atoms with Crippen molar-refractivity contribution in [2.45, 2.75) is 32.4 Å². The molecule has 162 valence electrons. The van der Waals surface area contributed by atoms with E-state index in [1.54, 1.807) is 12.1 Å². The number of halogens is 2. The van der Waals surface area contributed by atoms with E-state index >= 15 is 0 Å². The molecule has 0 aromatic heterocycles. The van der Waals surface area contributed by atoms with E-state index in [2.05, 4.69) is 21.9 Å². The topological polar surface area (TPSA) is 15.7 Å². The van der Waals surface area contributed by atoms with Gasteiger partial charge in [-0.1, -0.05) is 35.9 Å². The molecule has 2 heterocycles. The van der Waals surface area contributed by atoms with E-state index in [0.717, 1.165) is 29.7 Å². The van der Waals surface area contributed by atoms with Crippen LogP contribution in [0.5, 0.6) is 0 Å². The maximum Gasteiger partial charge on any atom is 0.123 e. The van der Waals surface area contributed by atoms with E-state index in [1.165, 1.54) is 69.7 Å². The van der Waals surface area contributed by atoms with E-state index in [4.69, 9.17) is 16.3 Å². The second kappa shape index (κ2) is 10.7. The molecule has 0 spiro atoms. The largest absolute Gasteiger partial charge is 0.376 e. The van der Waals surface area contributed by atoms with Gasteiger partial charge in [-0.15, -0.1) is 0 Å². The number of benzene rings is 2. The van der Waals surface area contributed by atoms with Gasteiger partial charge in [-0.3, -0.25) is 4.90 Å². The first-order valence-electron chi connectivity index (χ1n) is 11.2. The summed E-state index contributed by atoms with van der Waals surface area (Å²) < 4.78 is 18.9. The molecular weight excluding hydrogens is 399 g/mol. The van der Waals surface area contributed by atoms with Crippen molar-refractivity contribution in [1.82, 2.24) is 9.80 Å². The Morgan fingerprint density at radius 1 is 0.900 bits per heavy atom. The van der Waals surface area contributed by atoms with Crippen LogP contribution in [0.15, 0.2) is 48.5 Å². The van der Waals surface area contributed by atoms with Gasteiger partial charge in [-0.2, -0.15) is 0 Å². The predicted octanol–water partition coefficient (Wildman–Crippen LogP) is 5.23. The highest BCUT2D eigenvalue weighted by Crippen LogP contribution is 2.24. The molecule has 0 bridgehead atoms. The van der Waals surface area contributed by atoms with Crippen LogP contribution in [0, 0.1) is 17.7 Å². The lowest BCUT2D eigenvalue weighted by Crippen LogP contribution is -2.38. The molecule has 30 heavy (non-hydrogen) atoms. The van der Waals surface area contributed by atoms with Gasteiger partial charge in [-0.25, -0.2) is 4.39 Å². The van der Waals surface area contributed by atoms with Crippen LogP contribution in [-0.2, 0) is 17.9 Å². The first-order chi connectivity index (χ1) is 14.6. The van der Waals surface area contributed by atoms with Crippen molar-refractivity contribution in [3.05, 3.63) is 70.5 Å². The Kier molecular flexibility index (Phi) is 7.78. The van der Waals surface area contributed by atoms with Gasteiger partial charge < -0.3 is 9.64 Å². The zero-order valence-electron chi connectivity index (χ0n) is 17.6. The van der Waals surface area contributed by atoms with Crippen LogP contribution in [0.1, 0.15) is 30.4 Å². The van der Waals surface area contributed by atoms with Gasteiger partial charge in [0.1, 0.15) is 5.82 Å². The van der Waals surface area contributed by atoms with Crippen molar-refractivity contribution < 1.29 is 9.13 Å². The second-order valence-corrected chi connectivity index (χ2v) is 9.34. The van der Waals surface area contributed by atoms with Crippen LogP contribution in [0.25, 0.3) is 0 Å². The number of hydrogen-bond donors (Lipinski definition) is 0. The summed E-state index contributed by atoms with van der Waals surface area (Å²) in [5.74, 6) is 1.22. The molecule has 2 aromatic rings. The number of hydrogen-bond acceptors (Lipinski definition) is 3. The molecule has 0 aliphatic carbocycles. The van der Waals surface area contributed by atoms with Crippen molar-refractivity contribution in [3.8, 4) is 0 Å². The molecule has 3 nitrogen and oxygen atoms in total. The SMILES string of the molecule is Fc1ccc(COCC2CCN(CC3CCN(Cc4cccc(Cl)c4)C3)CC2)cc1. The summed E-state index contributed by atoms with van der Waals surface area (Å²) in [5, 5.41) is 0.827. The Bertz CT molecular complexity index is 792. The van der Waals surface area contributed by atoms with E-state index in [-0.39, 0.29) is 5.82 Å². The molecule has 2 saturated heterocycles. The minimum absolute atomic E-state index is 0.194. The third kappa shape index (κ3) is 6.52. The molecule has 0 radical (unpaired) electrons. The molecule has 0 N–H and O–H groups in total. The fourth-order valence-electron chi connectivity index (χ4n) is 4.72. The van der Waals surface area contributed by atoms with Crippen LogP contribution < -0.4 is 0 Å². The van der Waals surface area contributed by atoms with Gasteiger partial charge in [0.05, 0.1) is 6.61 Å². The molecule has 1 atom stereocenters. The van der Waals surface area contributed by atoms with E-state index in [9.17, 15) is 4.39 Å². The molecule has 2 aliphatic heterocycles. The predicted molar refractivity (Wildman–Crippen MR) is 120 cm³/mol. The summed E-state index contributed by atoms with van der Waals surface area (Å²) >= 11 is 6.12. The fourth-order valence-corrected chi connectivity index (χ4v) is 4.94. The summed E-state index contributed by atoms with van der Waals surface area (Å²) in [6, 6.07) is 14.8. The molecule has 2 aromatic carbocycles. The average Bonchev–Trinajstić information content (AvgIpc) is 3.17. The lowest BCUT2D eigenvalue weighted by atomic mass is 9.96. The highest BCUT2D eigenvalue weighted by molar-refractivity contribution is 6.30. The zero-order valence-corrected chi connectivity index (χ0v) is 18.4. The normalized spacial score (nSPS) is 21.3. The van der Waals surface area contributed by atoms with Crippen LogP contribution in [-0.4, -0.2) is 49.1 Å². The van der Waals surface area contributed by atoms with Gasteiger partial charge in [0.15, 0.2) is 0 Å². The van der Waals surface area contributed by atoms with Crippen molar-refractivity contribution >= 4 is 11.6 Å². The molecule has 2 fully saturated rings. The zero-order chi connectivity index (χ0) is 20.8. The highest BCUT2D eigenvalue weighted by atomic mass is 35.5. The average molecular weight is 431 g/mol. The van der Waals surface area contributed by atoms with Crippen molar-refractivity contribution in [1.29, 1.82) is 0 Å². The van der Waals surface area contributed by atoms with Crippen LogP contribution in [0.4, 0.5) is 4.39 Å². The smallest absolute Gasteiger partial charge is 0.123 e. The molecule has 2 aliphatic rings. The standard InChI is InChI=1S/C25H32ClFN2O/c26-24-3-1-2-22(14-24)15-29-13-10-23(17-29)16-28-11-8-21(9-12-28)19-30-18-20-4-6-25(27)7-5-20/h1-7,14,21,23H,8-13,15-19H2. The van der Waals surface area contributed by atoms with Crippen LogP contribution in [0.2, 0.25) is 5.02 Å². The second-order valence-electron chi connectivity index (χ2n) is 8.91. The molecular formula is C25H32ClFN2O. The number of piperidine rings is 1. The summed E-state index contributed by atoms with van der Waals surface area (Å²) in [6.45, 7) is 8.33. The lowest BCUT2D eigenvalue weighted by molar-refractivity contribution is 0.0546. The minimum atomic E-state index is -0.194. The van der Waals surface area contributed by atoms with Gasteiger partial charge >= 0.3 is 0 Å². The van der Waals surface area contributed by atoms with E-state index in [0.29, 0.717) is 12.5 Å². The molecule has 1 unspecified atom stereocenters. The summed E-state index contributed by atoms with van der Waals surface area (Å²) in [7, 11) is 0. The first kappa shape index (κ1) is 21.8. The molecule has 0 saturated carbocycles. The Balaban J connectivity index is 1.12. The monoisotopic (exact) mass is 430 g/mol. The van der Waals surface area contributed by atoms with Crippen molar-refractivity contribution in [2.24, 2.45) is 11.8 Å². The highest BCUT2D eigenvalue weighted by Gasteiger charge is 2.26. The Hall–Kier alpha value is -1.46. The quantitative estimate of drug-likeness (QED) is 0.570.